The van der Waals surface area contributed by atoms with Gasteiger partial charge in [0.05, 0.1) is 0 Å². The molecule has 50 valence electrons. The topological polar surface area (TPSA) is 12.5 Å². The van der Waals surface area contributed by atoms with Crippen molar-refractivity contribution in [3.05, 3.63) is 0 Å². The molecule has 0 radical (unpaired) electrons. The minimum absolute atomic E-state index is 0.813. The quantitative estimate of drug-likeness (QED) is 0.506. The van der Waals surface area contributed by atoms with Crippen molar-refractivity contribution in [2.75, 3.05) is 27.4 Å². The summed E-state index contributed by atoms with van der Waals surface area (Å²) in [6.07, 6.45) is 1.14. The van der Waals surface area contributed by atoms with Crippen molar-refractivity contribution in [1.29, 1.82) is 0 Å². The van der Waals surface area contributed by atoms with Gasteiger partial charge in [-0.3, -0.25) is 0 Å². The van der Waals surface area contributed by atoms with Gasteiger partial charge in [-0.25, -0.2) is 0 Å². The number of hydrogen-bond acceptors (Lipinski definition) is 2. The smallest absolute Gasteiger partial charge is 0.187 e. The van der Waals surface area contributed by atoms with Crippen LogP contribution in [0.3, 0.4) is 0 Å². The number of rotatable bonds is 3. The highest BCUT2D eigenvalue weighted by Gasteiger charge is 2.01. The molecular weight excluding hydrogens is 118 g/mol. The summed E-state index contributed by atoms with van der Waals surface area (Å²) in [6.45, 7) is 2.19. The van der Waals surface area contributed by atoms with Crippen LogP contribution in [0, 0.1) is 0 Å². The second-order valence-corrected chi connectivity index (χ2v) is 4.77. The van der Waals surface area contributed by atoms with Gasteiger partial charge in [0.25, 0.3) is 0 Å². The fourth-order valence-electron chi connectivity index (χ4n) is 0.589. The van der Waals surface area contributed by atoms with E-state index in [1.54, 1.807) is 7.11 Å². The molecule has 8 heavy (non-hydrogen) atoms. The zero-order valence-corrected chi connectivity index (χ0v) is 7.29. The van der Waals surface area contributed by atoms with Crippen molar-refractivity contribution >= 4 is 9.04 Å². The van der Waals surface area contributed by atoms with E-state index in [1.807, 2.05) is 0 Å². The Morgan fingerprint density at radius 3 is 2.12 bits per heavy atom. The van der Waals surface area contributed by atoms with Gasteiger partial charge in [-0.1, -0.05) is 0 Å². The van der Waals surface area contributed by atoms with E-state index >= 15 is 0 Å². The number of nitrogens with zero attached hydrogens (tertiary/aromatic N) is 1. The van der Waals surface area contributed by atoms with E-state index in [0.717, 1.165) is 6.17 Å². The minimum Gasteiger partial charge on any atom is -0.422 e. The largest absolute Gasteiger partial charge is 0.422 e. The van der Waals surface area contributed by atoms with Gasteiger partial charge in [-0.2, -0.15) is 0 Å². The second-order valence-electron chi connectivity index (χ2n) is 2.31. The maximum atomic E-state index is 5.16. The third-order valence-electron chi connectivity index (χ3n) is 1.02. The van der Waals surface area contributed by atoms with E-state index in [-0.39, 0.29) is 0 Å². The van der Waals surface area contributed by atoms with Gasteiger partial charge in [0, 0.05) is 13.3 Å². The van der Waals surface area contributed by atoms with Crippen LogP contribution < -0.4 is 0 Å². The van der Waals surface area contributed by atoms with Gasteiger partial charge in [-0.05, 0) is 20.6 Å². The molecule has 0 aromatic rings. The molecule has 0 spiro atoms. The molecule has 0 aliphatic carbocycles. The first-order chi connectivity index (χ1) is 3.66. The Balaban J connectivity index is 3.10. The average Bonchev–Trinajstić information content (AvgIpc) is 1.65. The zero-order valence-electron chi connectivity index (χ0n) is 6.14. The monoisotopic (exact) mass is 133 g/mol. The first-order valence-electron chi connectivity index (χ1n) is 2.84. The molecule has 0 aromatic carbocycles. The summed E-state index contributed by atoms with van der Waals surface area (Å²) in [5.41, 5.74) is 0. The van der Waals surface area contributed by atoms with E-state index in [1.165, 1.54) is 0 Å². The fourth-order valence-corrected chi connectivity index (χ4v) is 1.77. The zero-order chi connectivity index (χ0) is 6.57. The Labute approximate surface area is 53.2 Å². The predicted octanol–water partition coefficient (Wildman–Crippen LogP) is 0.0872. The summed E-state index contributed by atoms with van der Waals surface area (Å²) in [5, 5.41) is 0. The Bertz CT molecular complexity index is 58.4. The molecule has 0 N–H and O–H groups in total. The molecule has 0 bridgehead atoms. The molecule has 0 fully saturated rings. The molecule has 0 rings (SSSR count). The molecule has 0 heterocycles. The summed E-state index contributed by atoms with van der Waals surface area (Å²) >= 11 is 0. The molecule has 0 aliphatic rings. The molecule has 1 unspecified atom stereocenters. The van der Waals surface area contributed by atoms with E-state index in [4.69, 9.17) is 4.43 Å². The summed E-state index contributed by atoms with van der Waals surface area (Å²) in [6, 6.07) is 0. The van der Waals surface area contributed by atoms with E-state index in [0.29, 0.717) is 0 Å². The lowest BCUT2D eigenvalue weighted by molar-refractivity contribution is 0.384. The van der Waals surface area contributed by atoms with Crippen LogP contribution in [0.25, 0.3) is 0 Å². The average molecular weight is 133 g/mol. The van der Waals surface area contributed by atoms with Gasteiger partial charge >= 0.3 is 0 Å². The van der Waals surface area contributed by atoms with Gasteiger partial charge in [0.15, 0.2) is 9.04 Å². The van der Waals surface area contributed by atoms with E-state index in [2.05, 4.69) is 25.5 Å². The lowest BCUT2D eigenvalue weighted by Crippen LogP contribution is -2.28. The maximum Gasteiger partial charge on any atom is 0.187 e. The first-order valence-corrected chi connectivity index (χ1v) is 5.28. The van der Waals surface area contributed by atoms with Crippen LogP contribution in [-0.4, -0.2) is 41.3 Å². The summed E-state index contributed by atoms with van der Waals surface area (Å²) in [7, 11) is 5.12. The van der Waals surface area contributed by atoms with Gasteiger partial charge in [0.1, 0.15) is 0 Å². The van der Waals surface area contributed by atoms with Crippen molar-refractivity contribution in [3.8, 4) is 0 Å². The lowest BCUT2D eigenvalue weighted by Gasteiger charge is -2.12. The third-order valence-corrected chi connectivity index (χ3v) is 3.07. The van der Waals surface area contributed by atoms with Crippen LogP contribution in [0.4, 0.5) is 0 Å². The van der Waals surface area contributed by atoms with Crippen molar-refractivity contribution < 1.29 is 4.43 Å². The summed E-state index contributed by atoms with van der Waals surface area (Å²) in [5.74, 6) is 0. The van der Waals surface area contributed by atoms with Crippen LogP contribution in [0.15, 0.2) is 0 Å². The highest BCUT2D eigenvalue weighted by molar-refractivity contribution is 6.50. The summed E-state index contributed by atoms with van der Waals surface area (Å²) < 4.78 is 5.16. The minimum atomic E-state index is -0.813. The predicted molar refractivity (Wildman–Crippen MR) is 38.6 cm³/mol. The standard InChI is InChI=1S/C5H15NOSi/c1-6(2)5-8(4)7-3/h8H,5H2,1-4H3. The highest BCUT2D eigenvalue weighted by atomic mass is 28.3. The molecular formula is C5H15NOSi. The molecule has 2 nitrogen and oxygen atoms in total. The number of hydrogen-bond donors (Lipinski definition) is 0. The van der Waals surface area contributed by atoms with Crippen LogP contribution in [0.1, 0.15) is 0 Å². The summed E-state index contributed by atoms with van der Waals surface area (Å²) in [4.78, 5) is 2.17. The molecule has 0 saturated heterocycles. The Morgan fingerprint density at radius 2 is 2.00 bits per heavy atom. The molecule has 0 aromatic heterocycles. The van der Waals surface area contributed by atoms with Crippen LogP contribution >= 0.6 is 0 Å². The van der Waals surface area contributed by atoms with E-state index in [9.17, 15) is 0 Å². The fraction of sp³-hybridized carbons (Fsp3) is 1.00. The van der Waals surface area contributed by atoms with Gasteiger partial charge < -0.3 is 9.33 Å². The highest BCUT2D eigenvalue weighted by Crippen LogP contribution is 1.83. The maximum absolute atomic E-state index is 5.16. The third kappa shape index (κ3) is 4.30. The second kappa shape index (κ2) is 4.06. The van der Waals surface area contributed by atoms with Crippen molar-refractivity contribution in [1.82, 2.24) is 4.90 Å². The van der Waals surface area contributed by atoms with Gasteiger partial charge in [-0.15, -0.1) is 0 Å². The molecule has 0 aliphatic heterocycles. The van der Waals surface area contributed by atoms with Crippen molar-refractivity contribution in [2.45, 2.75) is 6.55 Å². The molecule has 1 atom stereocenters. The lowest BCUT2D eigenvalue weighted by atomic mass is 11.0. The van der Waals surface area contributed by atoms with Crippen LogP contribution in [0.2, 0.25) is 6.55 Å². The molecule has 3 heteroatoms. The Hall–Kier alpha value is 0.137. The van der Waals surface area contributed by atoms with Crippen LogP contribution in [-0.2, 0) is 4.43 Å². The van der Waals surface area contributed by atoms with E-state index < -0.39 is 9.04 Å². The van der Waals surface area contributed by atoms with Crippen molar-refractivity contribution in [3.63, 3.8) is 0 Å². The Kier molecular flexibility index (Phi) is 4.13. The first kappa shape index (κ1) is 8.14. The normalized spacial score (nSPS) is 14.6. The molecule has 0 amide bonds. The van der Waals surface area contributed by atoms with Crippen LogP contribution in [0.5, 0.6) is 0 Å². The molecule has 0 saturated carbocycles. The SMILES string of the molecule is CO[SiH](C)CN(C)C. The van der Waals surface area contributed by atoms with Crippen molar-refractivity contribution in [2.24, 2.45) is 0 Å². The van der Waals surface area contributed by atoms with Gasteiger partial charge in [0.2, 0.25) is 0 Å². The Morgan fingerprint density at radius 1 is 1.50 bits per heavy atom.